The average molecular weight is 392 g/mol. The molecule has 0 saturated carbocycles. The first-order valence-corrected chi connectivity index (χ1v) is 9.19. The Morgan fingerprint density at radius 2 is 2.03 bits per heavy atom. The third kappa shape index (κ3) is 3.28. The van der Waals surface area contributed by atoms with Crippen molar-refractivity contribution in [2.24, 2.45) is 0 Å². The fourth-order valence-corrected chi connectivity index (χ4v) is 3.48. The van der Waals surface area contributed by atoms with Gasteiger partial charge in [0.15, 0.2) is 11.5 Å². The van der Waals surface area contributed by atoms with Crippen LogP contribution in [-0.4, -0.2) is 54.4 Å². The second-order valence-corrected chi connectivity index (χ2v) is 6.84. The molecule has 1 fully saturated rings. The van der Waals surface area contributed by atoms with Crippen molar-refractivity contribution in [2.45, 2.75) is 12.5 Å². The highest BCUT2D eigenvalue weighted by atomic mass is 19.1. The van der Waals surface area contributed by atoms with Crippen LogP contribution in [0.25, 0.3) is 11.3 Å². The van der Waals surface area contributed by atoms with Crippen LogP contribution in [0.15, 0.2) is 55.2 Å². The van der Waals surface area contributed by atoms with E-state index in [9.17, 15) is 9.18 Å². The van der Waals surface area contributed by atoms with Gasteiger partial charge in [-0.3, -0.25) is 9.20 Å². The molecule has 1 atom stereocenters. The van der Waals surface area contributed by atoms with Crippen LogP contribution in [0.5, 0.6) is 0 Å². The summed E-state index contributed by atoms with van der Waals surface area (Å²) >= 11 is 0. The molecule has 146 valence electrons. The molecular formula is C19H17FN8O. The second kappa shape index (κ2) is 6.97. The first kappa shape index (κ1) is 17.3. The lowest BCUT2D eigenvalue weighted by atomic mass is 10.2. The lowest BCUT2D eigenvalue weighted by molar-refractivity contribution is 0.0935. The minimum absolute atomic E-state index is 0.0246. The Bertz CT molecular complexity index is 1170. The second-order valence-electron chi connectivity index (χ2n) is 6.84. The highest BCUT2D eigenvalue weighted by Gasteiger charge is 2.27. The van der Waals surface area contributed by atoms with Gasteiger partial charge in [-0.15, -0.1) is 10.2 Å². The van der Waals surface area contributed by atoms with Gasteiger partial charge in [0.05, 0.1) is 5.69 Å². The van der Waals surface area contributed by atoms with E-state index in [1.807, 2.05) is 4.40 Å². The van der Waals surface area contributed by atoms with Crippen molar-refractivity contribution in [3.05, 3.63) is 66.8 Å². The molecule has 0 bridgehead atoms. The molecule has 0 aliphatic carbocycles. The van der Waals surface area contributed by atoms with Crippen molar-refractivity contribution in [3.8, 4) is 5.69 Å². The van der Waals surface area contributed by atoms with Crippen molar-refractivity contribution in [3.63, 3.8) is 0 Å². The van der Waals surface area contributed by atoms with E-state index in [1.54, 1.807) is 47.8 Å². The van der Waals surface area contributed by atoms with Gasteiger partial charge < -0.3 is 10.2 Å². The SMILES string of the molecule is O=C(NC1CCN(c2nccn3cnnc23)C1)c1ccn(-c2ccc(F)cc2)n1. The van der Waals surface area contributed by atoms with Gasteiger partial charge in [0.2, 0.25) is 5.65 Å². The molecule has 0 radical (unpaired) electrons. The van der Waals surface area contributed by atoms with E-state index in [-0.39, 0.29) is 17.8 Å². The van der Waals surface area contributed by atoms with E-state index in [4.69, 9.17) is 0 Å². The molecule has 1 amide bonds. The first-order valence-electron chi connectivity index (χ1n) is 9.19. The van der Waals surface area contributed by atoms with Crippen LogP contribution >= 0.6 is 0 Å². The van der Waals surface area contributed by atoms with Gasteiger partial charge >= 0.3 is 0 Å². The zero-order valence-electron chi connectivity index (χ0n) is 15.3. The summed E-state index contributed by atoms with van der Waals surface area (Å²) in [4.78, 5) is 19.1. The van der Waals surface area contributed by atoms with Gasteiger partial charge in [-0.25, -0.2) is 14.1 Å². The van der Waals surface area contributed by atoms with Gasteiger partial charge in [0.25, 0.3) is 5.91 Å². The number of aromatic nitrogens is 6. The lowest BCUT2D eigenvalue weighted by Gasteiger charge is -2.17. The van der Waals surface area contributed by atoms with Gasteiger partial charge in [-0.1, -0.05) is 0 Å². The van der Waals surface area contributed by atoms with Gasteiger partial charge in [-0.05, 0) is 36.8 Å². The van der Waals surface area contributed by atoms with Crippen LogP contribution in [0, 0.1) is 5.82 Å². The summed E-state index contributed by atoms with van der Waals surface area (Å²) in [7, 11) is 0. The van der Waals surface area contributed by atoms with Crippen LogP contribution in [-0.2, 0) is 0 Å². The molecule has 1 aliphatic heterocycles. The summed E-state index contributed by atoms with van der Waals surface area (Å²) in [6, 6.07) is 7.54. The van der Waals surface area contributed by atoms with E-state index >= 15 is 0 Å². The number of carbonyl (C=O) groups is 1. The Morgan fingerprint density at radius 1 is 1.17 bits per heavy atom. The fraction of sp³-hybridized carbons (Fsp3) is 0.211. The molecule has 1 aliphatic rings. The Balaban J connectivity index is 1.26. The molecule has 4 aromatic rings. The molecule has 0 spiro atoms. The smallest absolute Gasteiger partial charge is 0.272 e. The largest absolute Gasteiger partial charge is 0.351 e. The van der Waals surface area contributed by atoms with Crippen LogP contribution in [0.1, 0.15) is 16.9 Å². The summed E-state index contributed by atoms with van der Waals surface area (Å²) in [6.45, 7) is 1.39. The van der Waals surface area contributed by atoms with Gasteiger partial charge in [0, 0.05) is 37.7 Å². The summed E-state index contributed by atoms with van der Waals surface area (Å²) in [6.07, 6.45) is 7.61. The summed E-state index contributed by atoms with van der Waals surface area (Å²) < 4.78 is 16.4. The third-order valence-corrected chi connectivity index (χ3v) is 4.93. The molecule has 1 aromatic carbocycles. The van der Waals surface area contributed by atoms with E-state index in [0.717, 1.165) is 18.8 Å². The van der Waals surface area contributed by atoms with E-state index < -0.39 is 0 Å². The van der Waals surface area contributed by atoms with Crippen molar-refractivity contribution in [1.82, 2.24) is 34.7 Å². The zero-order chi connectivity index (χ0) is 19.8. The molecule has 5 rings (SSSR count). The minimum Gasteiger partial charge on any atom is -0.351 e. The van der Waals surface area contributed by atoms with E-state index in [0.29, 0.717) is 23.6 Å². The quantitative estimate of drug-likeness (QED) is 0.565. The molecule has 1 N–H and O–H groups in total. The van der Waals surface area contributed by atoms with Crippen LogP contribution in [0.2, 0.25) is 0 Å². The zero-order valence-corrected chi connectivity index (χ0v) is 15.3. The Hall–Kier alpha value is -3.82. The standard InChI is InChI=1S/C19H17FN8O/c20-13-1-3-15(4-2-13)28-9-6-16(25-28)19(29)23-14-5-8-26(11-14)17-18-24-22-12-27(18)10-7-21-17/h1-4,6-7,9-10,12,14H,5,8,11H2,(H,23,29). The maximum atomic E-state index is 13.1. The van der Waals surface area contributed by atoms with Gasteiger partial charge in [-0.2, -0.15) is 5.10 Å². The van der Waals surface area contributed by atoms with E-state index in [2.05, 4.69) is 30.5 Å². The molecule has 10 heteroatoms. The number of amides is 1. The fourth-order valence-electron chi connectivity index (χ4n) is 3.48. The van der Waals surface area contributed by atoms with Crippen molar-refractivity contribution >= 4 is 17.4 Å². The molecule has 1 unspecified atom stereocenters. The number of anilines is 1. The number of nitrogens with zero attached hydrogens (tertiary/aromatic N) is 7. The highest BCUT2D eigenvalue weighted by Crippen LogP contribution is 2.21. The number of halogens is 1. The number of nitrogens with one attached hydrogen (secondary N) is 1. The number of carbonyl (C=O) groups excluding carboxylic acids is 1. The molecular weight excluding hydrogens is 375 g/mol. The topological polar surface area (TPSA) is 93.2 Å². The van der Waals surface area contributed by atoms with Crippen molar-refractivity contribution in [2.75, 3.05) is 18.0 Å². The average Bonchev–Trinajstić information content (AvgIpc) is 3.48. The van der Waals surface area contributed by atoms with Gasteiger partial charge in [0.1, 0.15) is 12.1 Å². The molecule has 1 saturated heterocycles. The summed E-state index contributed by atoms with van der Waals surface area (Å²) in [5.41, 5.74) is 1.69. The number of fused-ring (bicyclic) bond motifs is 1. The molecule has 3 aromatic heterocycles. The molecule has 4 heterocycles. The molecule has 29 heavy (non-hydrogen) atoms. The molecule has 9 nitrogen and oxygen atoms in total. The van der Waals surface area contributed by atoms with Crippen LogP contribution < -0.4 is 10.2 Å². The van der Waals surface area contributed by atoms with Crippen LogP contribution in [0.4, 0.5) is 10.2 Å². The maximum absolute atomic E-state index is 13.1. The highest BCUT2D eigenvalue weighted by molar-refractivity contribution is 5.92. The Kier molecular flexibility index (Phi) is 4.15. The van der Waals surface area contributed by atoms with Crippen molar-refractivity contribution in [1.29, 1.82) is 0 Å². The number of benzene rings is 1. The van der Waals surface area contributed by atoms with Crippen molar-refractivity contribution < 1.29 is 9.18 Å². The predicted octanol–water partition coefficient (Wildman–Crippen LogP) is 1.46. The first-order chi connectivity index (χ1) is 14.2. The monoisotopic (exact) mass is 392 g/mol. The number of rotatable bonds is 4. The number of hydrogen-bond acceptors (Lipinski definition) is 6. The summed E-state index contributed by atoms with van der Waals surface area (Å²) in [5.74, 6) is 0.190. The van der Waals surface area contributed by atoms with E-state index in [1.165, 1.54) is 12.1 Å². The maximum Gasteiger partial charge on any atom is 0.272 e. The van der Waals surface area contributed by atoms with Crippen LogP contribution in [0.3, 0.4) is 0 Å². The normalized spacial score (nSPS) is 16.4. The Labute approximate surface area is 164 Å². The predicted molar refractivity (Wildman–Crippen MR) is 102 cm³/mol. The third-order valence-electron chi connectivity index (χ3n) is 4.93. The summed E-state index contributed by atoms with van der Waals surface area (Å²) in [5, 5.41) is 15.4. The lowest BCUT2D eigenvalue weighted by Crippen LogP contribution is -2.37. The Morgan fingerprint density at radius 3 is 2.90 bits per heavy atom. The number of hydrogen-bond donors (Lipinski definition) is 1. The minimum atomic E-state index is -0.319.